The van der Waals surface area contributed by atoms with Crippen LogP contribution in [0.3, 0.4) is 0 Å². The molecule has 17 heavy (non-hydrogen) atoms. The Bertz CT molecular complexity index is 528. The zero-order chi connectivity index (χ0) is 12.3. The molecule has 2 aromatic rings. The molecule has 0 fully saturated rings. The lowest BCUT2D eigenvalue weighted by Gasteiger charge is -2.10. The molecule has 3 N–H and O–H groups in total. The van der Waals surface area contributed by atoms with Gasteiger partial charge >= 0.3 is 0 Å². The first kappa shape index (κ1) is 12.2. The smallest absolute Gasteiger partial charge is 0.175 e. The number of hydrogen-bond acceptors (Lipinski definition) is 3. The van der Waals surface area contributed by atoms with E-state index in [0.29, 0.717) is 15.8 Å². The first-order valence-electron chi connectivity index (χ1n) is 4.75. The van der Waals surface area contributed by atoms with Gasteiger partial charge in [-0.05, 0) is 41.9 Å². The van der Waals surface area contributed by atoms with Crippen LogP contribution in [0, 0.1) is 0 Å². The van der Waals surface area contributed by atoms with E-state index in [2.05, 4.69) is 10.6 Å². The van der Waals surface area contributed by atoms with E-state index in [9.17, 15) is 5.11 Å². The van der Waals surface area contributed by atoms with Gasteiger partial charge in [-0.3, -0.25) is 0 Å². The molecule has 1 aromatic heterocycles. The van der Waals surface area contributed by atoms with Crippen LogP contribution in [0.1, 0.15) is 0 Å². The molecule has 3 nitrogen and oxygen atoms in total. The fourth-order valence-corrected chi connectivity index (χ4v) is 2.30. The monoisotopic (exact) mass is 284 g/mol. The second-order valence-corrected chi connectivity index (χ2v) is 5.01. The van der Waals surface area contributed by atoms with Gasteiger partial charge in [0.2, 0.25) is 0 Å². The standard InChI is InChI=1S/C11H9ClN2OS2/c12-7-3-4-8(9(15)6-7)13-11(16)14-10-2-1-5-17-10/h1-6,15H,(H2,13,14,16). The molecule has 2 rings (SSSR count). The first-order chi connectivity index (χ1) is 8.15. The molecule has 0 radical (unpaired) electrons. The third-order valence-electron chi connectivity index (χ3n) is 1.97. The molecule has 0 spiro atoms. The first-order valence-corrected chi connectivity index (χ1v) is 6.42. The topological polar surface area (TPSA) is 44.3 Å². The molecule has 0 amide bonds. The van der Waals surface area contributed by atoms with Crippen molar-refractivity contribution in [2.75, 3.05) is 10.6 Å². The average molecular weight is 285 g/mol. The summed E-state index contributed by atoms with van der Waals surface area (Å²) in [6.07, 6.45) is 0. The van der Waals surface area contributed by atoms with E-state index in [-0.39, 0.29) is 5.75 Å². The van der Waals surface area contributed by atoms with Crippen molar-refractivity contribution in [3.63, 3.8) is 0 Å². The molecule has 6 heteroatoms. The Hall–Kier alpha value is -1.30. The molecule has 0 unspecified atom stereocenters. The van der Waals surface area contributed by atoms with Crippen LogP contribution in [-0.2, 0) is 0 Å². The van der Waals surface area contributed by atoms with Crippen molar-refractivity contribution < 1.29 is 5.11 Å². The molecule has 0 aliphatic heterocycles. The van der Waals surface area contributed by atoms with Crippen LogP contribution < -0.4 is 10.6 Å². The van der Waals surface area contributed by atoms with E-state index in [0.717, 1.165) is 5.00 Å². The average Bonchev–Trinajstić information content (AvgIpc) is 2.75. The number of halogens is 1. The molecular formula is C11H9ClN2OS2. The summed E-state index contributed by atoms with van der Waals surface area (Å²) in [5, 5.41) is 19.3. The number of benzene rings is 1. The molecule has 1 aromatic carbocycles. The summed E-state index contributed by atoms with van der Waals surface area (Å²) < 4.78 is 0. The van der Waals surface area contributed by atoms with Crippen molar-refractivity contribution in [1.29, 1.82) is 0 Å². The zero-order valence-electron chi connectivity index (χ0n) is 8.61. The maximum absolute atomic E-state index is 9.63. The van der Waals surface area contributed by atoms with E-state index in [1.807, 2.05) is 17.5 Å². The molecule has 0 atom stereocenters. The highest BCUT2D eigenvalue weighted by molar-refractivity contribution is 7.80. The number of rotatable bonds is 2. The summed E-state index contributed by atoms with van der Waals surface area (Å²) in [6.45, 7) is 0. The van der Waals surface area contributed by atoms with Crippen LogP contribution in [0.25, 0.3) is 0 Å². The fraction of sp³-hybridized carbons (Fsp3) is 0. The second kappa shape index (κ2) is 5.35. The predicted octanol–water partition coefficient (Wildman–Crippen LogP) is 3.92. The van der Waals surface area contributed by atoms with E-state index < -0.39 is 0 Å². The largest absolute Gasteiger partial charge is 0.506 e. The Balaban J connectivity index is 2.03. The van der Waals surface area contributed by atoms with Crippen LogP contribution >= 0.6 is 35.2 Å². The minimum absolute atomic E-state index is 0.0628. The van der Waals surface area contributed by atoms with Crippen LogP contribution in [0.2, 0.25) is 5.02 Å². The summed E-state index contributed by atoms with van der Waals surface area (Å²) in [7, 11) is 0. The number of nitrogens with one attached hydrogen (secondary N) is 2. The number of anilines is 2. The molecule has 88 valence electrons. The number of phenolic OH excluding ortho intramolecular Hbond substituents is 1. The van der Waals surface area contributed by atoms with Gasteiger partial charge in [-0.2, -0.15) is 0 Å². The van der Waals surface area contributed by atoms with Gasteiger partial charge in [0, 0.05) is 11.1 Å². The molecule has 0 saturated carbocycles. The third-order valence-corrected chi connectivity index (χ3v) is 3.19. The minimum atomic E-state index is 0.0628. The Morgan fingerprint density at radius 2 is 2.12 bits per heavy atom. The normalized spacial score (nSPS) is 9.94. The molecular weight excluding hydrogens is 276 g/mol. The van der Waals surface area contributed by atoms with E-state index >= 15 is 0 Å². The second-order valence-electron chi connectivity index (χ2n) is 3.22. The molecule has 0 aliphatic carbocycles. The summed E-state index contributed by atoms with van der Waals surface area (Å²) in [5.41, 5.74) is 0.517. The van der Waals surface area contributed by atoms with Crippen molar-refractivity contribution in [2.45, 2.75) is 0 Å². The molecule has 0 aliphatic rings. The van der Waals surface area contributed by atoms with Crippen molar-refractivity contribution in [3.05, 3.63) is 40.7 Å². The summed E-state index contributed by atoms with van der Waals surface area (Å²) in [5.74, 6) is 0.0628. The Labute approximate surface area is 113 Å². The number of thiophene rings is 1. The lowest BCUT2D eigenvalue weighted by atomic mass is 10.3. The van der Waals surface area contributed by atoms with Crippen molar-refractivity contribution in [3.8, 4) is 5.75 Å². The van der Waals surface area contributed by atoms with Crippen molar-refractivity contribution >= 4 is 51.0 Å². The highest BCUT2D eigenvalue weighted by Gasteiger charge is 2.04. The summed E-state index contributed by atoms with van der Waals surface area (Å²) >= 11 is 12.4. The van der Waals surface area contributed by atoms with Gasteiger partial charge in [-0.25, -0.2) is 0 Å². The van der Waals surface area contributed by atoms with Gasteiger partial charge in [0.15, 0.2) is 5.11 Å². The maximum atomic E-state index is 9.63. The van der Waals surface area contributed by atoms with Crippen LogP contribution in [-0.4, -0.2) is 10.2 Å². The Morgan fingerprint density at radius 1 is 1.29 bits per heavy atom. The Kier molecular flexibility index (Phi) is 3.83. The van der Waals surface area contributed by atoms with Crippen LogP contribution in [0.15, 0.2) is 35.7 Å². The predicted molar refractivity (Wildman–Crippen MR) is 77.3 cm³/mol. The van der Waals surface area contributed by atoms with Crippen molar-refractivity contribution in [1.82, 2.24) is 0 Å². The Morgan fingerprint density at radius 3 is 2.76 bits per heavy atom. The lowest BCUT2D eigenvalue weighted by molar-refractivity contribution is 0.478. The minimum Gasteiger partial charge on any atom is -0.506 e. The highest BCUT2D eigenvalue weighted by atomic mass is 35.5. The summed E-state index contributed by atoms with van der Waals surface area (Å²) in [6, 6.07) is 8.64. The quantitative estimate of drug-likeness (QED) is 0.578. The highest BCUT2D eigenvalue weighted by Crippen LogP contribution is 2.26. The van der Waals surface area contributed by atoms with Crippen LogP contribution in [0.5, 0.6) is 5.75 Å². The van der Waals surface area contributed by atoms with Gasteiger partial charge in [0.25, 0.3) is 0 Å². The number of phenols is 1. The van der Waals surface area contributed by atoms with Gasteiger partial charge in [-0.1, -0.05) is 11.6 Å². The van der Waals surface area contributed by atoms with Crippen molar-refractivity contribution in [2.24, 2.45) is 0 Å². The van der Waals surface area contributed by atoms with Crippen LogP contribution in [0.4, 0.5) is 10.7 Å². The zero-order valence-corrected chi connectivity index (χ0v) is 11.0. The van der Waals surface area contributed by atoms with Gasteiger partial charge in [-0.15, -0.1) is 11.3 Å². The number of aromatic hydroxyl groups is 1. The van der Waals surface area contributed by atoms with E-state index in [4.69, 9.17) is 23.8 Å². The lowest BCUT2D eigenvalue weighted by Crippen LogP contribution is -2.18. The SMILES string of the molecule is Oc1cc(Cl)ccc1NC(=S)Nc1cccs1. The molecule has 1 heterocycles. The molecule has 0 bridgehead atoms. The maximum Gasteiger partial charge on any atom is 0.175 e. The van der Waals surface area contributed by atoms with Gasteiger partial charge in [0.1, 0.15) is 5.75 Å². The fourth-order valence-electron chi connectivity index (χ4n) is 1.23. The number of hydrogen-bond donors (Lipinski definition) is 3. The number of thiocarbonyl (C=S) groups is 1. The van der Waals surface area contributed by atoms with Gasteiger partial charge in [0.05, 0.1) is 10.7 Å². The summed E-state index contributed by atoms with van der Waals surface area (Å²) in [4.78, 5) is 0. The van der Waals surface area contributed by atoms with E-state index in [1.165, 1.54) is 6.07 Å². The third kappa shape index (κ3) is 3.33. The molecule has 0 saturated heterocycles. The van der Waals surface area contributed by atoms with Gasteiger partial charge < -0.3 is 15.7 Å². The van der Waals surface area contributed by atoms with E-state index in [1.54, 1.807) is 23.5 Å².